The fraction of sp³-hybridized carbons (Fsp3) is 0.300. The molecular formula is C20H24N4O6S. The third-order valence-electron chi connectivity index (χ3n) is 4.49. The molecule has 1 aliphatic heterocycles. The number of rotatable bonds is 7. The second kappa shape index (κ2) is 10.2. The number of sulfonamides is 1. The van der Waals surface area contributed by atoms with Gasteiger partial charge in [0.05, 0.1) is 37.5 Å². The highest BCUT2D eigenvalue weighted by Crippen LogP contribution is 2.29. The van der Waals surface area contributed by atoms with E-state index in [2.05, 4.69) is 16.0 Å². The average Bonchev–Trinajstić information content (AvgIpc) is 2.79. The van der Waals surface area contributed by atoms with E-state index in [9.17, 15) is 18.0 Å². The van der Waals surface area contributed by atoms with E-state index in [0.717, 1.165) is 0 Å². The maximum absolute atomic E-state index is 12.9. The summed E-state index contributed by atoms with van der Waals surface area (Å²) in [5, 5.41) is 7.62. The van der Waals surface area contributed by atoms with Gasteiger partial charge in [0.1, 0.15) is 5.75 Å². The largest absolute Gasteiger partial charge is 0.495 e. The van der Waals surface area contributed by atoms with Crippen LogP contribution in [0.25, 0.3) is 0 Å². The monoisotopic (exact) mass is 448 g/mol. The molecule has 3 amide bonds. The summed E-state index contributed by atoms with van der Waals surface area (Å²) in [6.07, 6.45) is 0. The van der Waals surface area contributed by atoms with E-state index in [1.54, 1.807) is 24.3 Å². The molecule has 1 aliphatic rings. The zero-order chi connectivity index (χ0) is 22.3. The van der Waals surface area contributed by atoms with Gasteiger partial charge in [-0.1, -0.05) is 18.2 Å². The number of morpholine rings is 1. The molecule has 0 bridgehead atoms. The third kappa shape index (κ3) is 5.94. The highest BCUT2D eigenvalue weighted by atomic mass is 32.2. The second-order valence-electron chi connectivity index (χ2n) is 6.60. The number of nitrogens with one attached hydrogen (secondary N) is 3. The first kappa shape index (κ1) is 22.5. The standard InChI is InChI=1S/C20H24N4O6S/c1-29-18-8-7-16(31(27,28)24-9-11-30-12-10-24)13-17(18)23-19(25)14-21-20(26)22-15-5-3-2-4-6-15/h2-8,13H,9-12,14H2,1H3,(H,23,25)(H2,21,22,26). The fourth-order valence-corrected chi connectivity index (χ4v) is 4.37. The quantitative estimate of drug-likeness (QED) is 0.589. The maximum Gasteiger partial charge on any atom is 0.319 e. The van der Waals surface area contributed by atoms with Crippen LogP contribution in [0.5, 0.6) is 5.75 Å². The van der Waals surface area contributed by atoms with E-state index in [4.69, 9.17) is 9.47 Å². The molecule has 1 fully saturated rings. The molecular weight excluding hydrogens is 424 g/mol. The second-order valence-corrected chi connectivity index (χ2v) is 8.54. The number of anilines is 2. The first-order valence-electron chi connectivity index (χ1n) is 9.56. The summed E-state index contributed by atoms with van der Waals surface area (Å²) in [5.41, 5.74) is 0.773. The van der Waals surface area contributed by atoms with Gasteiger partial charge in [-0.2, -0.15) is 4.31 Å². The Labute approximate surface area is 180 Å². The summed E-state index contributed by atoms with van der Waals surface area (Å²) < 4.78 is 37.5. The van der Waals surface area contributed by atoms with Gasteiger partial charge in [-0.25, -0.2) is 13.2 Å². The van der Waals surface area contributed by atoms with Gasteiger partial charge in [-0.15, -0.1) is 0 Å². The van der Waals surface area contributed by atoms with Gasteiger partial charge >= 0.3 is 6.03 Å². The van der Waals surface area contributed by atoms with Crippen LogP contribution in [0, 0.1) is 0 Å². The van der Waals surface area contributed by atoms with Crippen LogP contribution in [0.1, 0.15) is 0 Å². The zero-order valence-corrected chi connectivity index (χ0v) is 17.8. The molecule has 3 N–H and O–H groups in total. The topological polar surface area (TPSA) is 126 Å². The third-order valence-corrected chi connectivity index (χ3v) is 6.39. The summed E-state index contributed by atoms with van der Waals surface area (Å²) in [6.45, 7) is 0.862. The van der Waals surface area contributed by atoms with Gasteiger partial charge in [0.2, 0.25) is 15.9 Å². The first-order chi connectivity index (χ1) is 14.9. The number of ether oxygens (including phenoxy) is 2. The van der Waals surface area contributed by atoms with Crippen LogP contribution in [-0.2, 0) is 19.6 Å². The van der Waals surface area contributed by atoms with Crippen molar-refractivity contribution in [1.82, 2.24) is 9.62 Å². The SMILES string of the molecule is COc1ccc(S(=O)(=O)N2CCOCC2)cc1NC(=O)CNC(=O)Nc1ccccc1. The van der Waals surface area contributed by atoms with Gasteiger partial charge in [0, 0.05) is 18.8 Å². The number of carbonyl (C=O) groups is 2. The molecule has 31 heavy (non-hydrogen) atoms. The Morgan fingerprint density at radius 2 is 1.77 bits per heavy atom. The Morgan fingerprint density at radius 1 is 1.06 bits per heavy atom. The number of para-hydroxylation sites is 1. The van der Waals surface area contributed by atoms with Crippen molar-refractivity contribution in [1.29, 1.82) is 0 Å². The molecule has 1 heterocycles. The number of urea groups is 1. The lowest BCUT2D eigenvalue weighted by molar-refractivity contribution is -0.115. The van der Waals surface area contributed by atoms with Crippen LogP contribution in [-0.4, -0.2) is 64.6 Å². The Bertz CT molecular complexity index is 1020. The van der Waals surface area contributed by atoms with Crippen molar-refractivity contribution in [2.75, 3.05) is 50.6 Å². The molecule has 11 heteroatoms. The molecule has 0 saturated carbocycles. The fourth-order valence-electron chi connectivity index (χ4n) is 2.93. The molecule has 3 rings (SSSR count). The minimum Gasteiger partial charge on any atom is -0.495 e. The molecule has 0 spiro atoms. The number of hydrogen-bond acceptors (Lipinski definition) is 6. The summed E-state index contributed by atoms with van der Waals surface area (Å²) in [6, 6.07) is 12.5. The molecule has 2 aromatic carbocycles. The van der Waals surface area contributed by atoms with E-state index in [1.165, 1.54) is 29.6 Å². The lowest BCUT2D eigenvalue weighted by Crippen LogP contribution is -2.40. The smallest absolute Gasteiger partial charge is 0.319 e. The van der Waals surface area contributed by atoms with Crippen molar-refractivity contribution >= 4 is 33.3 Å². The van der Waals surface area contributed by atoms with Gasteiger partial charge in [0.15, 0.2) is 0 Å². The number of amides is 3. The van der Waals surface area contributed by atoms with E-state index >= 15 is 0 Å². The molecule has 0 aromatic heterocycles. The van der Waals surface area contributed by atoms with Crippen LogP contribution in [0.2, 0.25) is 0 Å². The van der Waals surface area contributed by atoms with Crippen molar-refractivity contribution in [3.05, 3.63) is 48.5 Å². The Kier molecular flexibility index (Phi) is 7.45. The molecule has 0 aliphatic carbocycles. The molecule has 0 unspecified atom stereocenters. The normalized spacial score (nSPS) is 14.5. The van der Waals surface area contributed by atoms with Crippen LogP contribution < -0.4 is 20.7 Å². The van der Waals surface area contributed by atoms with Crippen LogP contribution in [0.3, 0.4) is 0 Å². The highest BCUT2D eigenvalue weighted by Gasteiger charge is 2.27. The number of methoxy groups -OCH3 is 1. The Hall–Kier alpha value is -3.15. The van der Waals surface area contributed by atoms with E-state index < -0.39 is 22.0 Å². The number of carbonyl (C=O) groups excluding carboxylic acids is 2. The van der Waals surface area contributed by atoms with E-state index in [0.29, 0.717) is 24.7 Å². The van der Waals surface area contributed by atoms with E-state index in [-0.39, 0.29) is 30.2 Å². The lowest BCUT2D eigenvalue weighted by atomic mass is 10.3. The first-order valence-corrected chi connectivity index (χ1v) is 11.0. The van der Waals surface area contributed by atoms with Gasteiger partial charge in [0.25, 0.3) is 0 Å². The highest BCUT2D eigenvalue weighted by molar-refractivity contribution is 7.89. The van der Waals surface area contributed by atoms with Gasteiger partial charge in [-0.3, -0.25) is 4.79 Å². The summed E-state index contributed by atoms with van der Waals surface area (Å²) in [4.78, 5) is 24.3. The van der Waals surface area contributed by atoms with Gasteiger partial charge in [-0.05, 0) is 30.3 Å². The lowest BCUT2D eigenvalue weighted by Gasteiger charge is -2.26. The van der Waals surface area contributed by atoms with Crippen molar-refractivity contribution in [2.24, 2.45) is 0 Å². The van der Waals surface area contributed by atoms with Crippen molar-refractivity contribution in [2.45, 2.75) is 4.90 Å². The number of benzene rings is 2. The van der Waals surface area contributed by atoms with Crippen LogP contribution in [0.15, 0.2) is 53.4 Å². The Morgan fingerprint density at radius 3 is 2.45 bits per heavy atom. The number of hydrogen-bond donors (Lipinski definition) is 3. The van der Waals surface area contributed by atoms with Crippen molar-refractivity contribution < 1.29 is 27.5 Å². The summed E-state index contributed by atoms with van der Waals surface area (Å²) in [7, 11) is -2.33. The molecule has 0 atom stereocenters. The summed E-state index contributed by atoms with van der Waals surface area (Å²) in [5.74, 6) is -0.245. The Balaban J connectivity index is 1.65. The van der Waals surface area contributed by atoms with Crippen molar-refractivity contribution in [3.63, 3.8) is 0 Å². The summed E-state index contributed by atoms with van der Waals surface area (Å²) >= 11 is 0. The predicted molar refractivity (Wildman–Crippen MR) is 115 cm³/mol. The maximum atomic E-state index is 12.9. The predicted octanol–water partition coefficient (Wildman–Crippen LogP) is 1.48. The molecule has 166 valence electrons. The molecule has 2 aromatic rings. The van der Waals surface area contributed by atoms with Crippen molar-refractivity contribution in [3.8, 4) is 5.75 Å². The zero-order valence-electron chi connectivity index (χ0n) is 17.0. The number of nitrogens with zero attached hydrogens (tertiary/aromatic N) is 1. The minimum absolute atomic E-state index is 0.0280. The molecule has 1 saturated heterocycles. The van der Waals surface area contributed by atoms with Crippen LogP contribution in [0.4, 0.5) is 16.2 Å². The average molecular weight is 449 g/mol. The minimum atomic E-state index is -3.74. The van der Waals surface area contributed by atoms with E-state index in [1.807, 2.05) is 6.07 Å². The molecule has 10 nitrogen and oxygen atoms in total. The molecule has 0 radical (unpaired) electrons. The van der Waals surface area contributed by atoms with Gasteiger partial charge < -0.3 is 25.4 Å². The van der Waals surface area contributed by atoms with Crippen LogP contribution >= 0.6 is 0 Å².